The van der Waals surface area contributed by atoms with Gasteiger partial charge in [-0.05, 0) is 31.2 Å². The summed E-state index contributed by atoms with van der Waals surface area (Å²) in [6.07, 6.45) is 0. The molecule has 110 valence electrons. The quantitative estimate of drug-likeness (QED) is 0.803. The number of benzene rings is 2. The molecule has 0 fully saturated rings. The fraction of sp³-hybridized carbons (Fsp3) is 0.118. The molecule has 0 saturated heterocycles. The molecule has 3 aromatic rings. The van der Waals surface area contributed by atoms with Crippen molar-refractivity contribution in [2.24, 2.45) is 0 Å². The zero-order valence-electron chi connectivity index (χ0n) is 12.1. The largest absolute Gasteiger partial charge is 0.345 e. The molecular weight excluding hydrogens is 278 g/mol. The van der Waals surface area contributed by atoms with Gasteiger partial charge in [0.05, 0.1) is 6.54 Å². The third-order valence-electron chi connectivity index (χ3n) is 3.18. The van der Waals surface area contributed by atoms with Crippen molar-refractivity contribution in [1.29, 1.82) is 0 Å². The van der Waals surface area contributed by atoms with Crippen molar-refractivity contribution in [2.75, 3.05) is 0 Å². The lowest BCUT2D eigenvalue weighted by molar-refractivity contribution is 0.0949. The number of aryl methyl sites for hydroxylation is 1. The van der Waals surface area contributed by atoms with Crippen molar-refractivity contribution in [1.82, 2.24) is 15.5 Å². The fourth-order valence-electron chi connectivity index (χ4n) is 2.07. The van der Waals surface area contributed by atoms with Crippen molar-refractivity contribution in [3.63, 3.8) is 0 Å². The summed E-state index contributed by atoms with van der Waals surface area (Å²) in [6, 6.07) is 16.9. The Kier molecular flexibility index (Phi) is 3.96. The average molecular weight is 293 g/mol. The van der Waals surface area contributed by atoms with Gasteiger partial charge in [0.25, 0.3) is 11.8 Å². The Balaban J connectivity index is 1.65. The lowest BCUT2D eigenvalue weighted by Gasteiger charge is -2.03. The van der Waals surface area contributed by atoms with Crippen LogP contribution in [-0.4, -0.2) is 16.0 Å². The van der Waals surface area contributed by atoms with Gasteiger partial charge in [0.15, 0.2) is 5.82 Å². The molecule has 0 aliphatic heterocycles. The molecule has 5 heteroatoms. The number of aromatic nitrogens is 2. The Labute approximate surface area is 128 Å². The van der Waals surface area contributed by atoms with Gasteiger partial charge < -0.3 is 9.84 Å². The van der Waals surface area contributed by atoms with Gasteiger partial charge in [-0.25, -0.2) is 0 Å². The summed E-state index contributed by atoms with van der Waals surface area (Å²) in [5.41, 5.74) is 2.51. The molecular formula is C17H15N3O2. The first-order valence-electron chi connectivity index (χ1n) is 6.95. The second-order valence-electron chi connectivity index (χ2n) is 4.93. The Morgan fingerprint density at radius 2 is 1.95 bits per heavy atom. The van der Waals surface area contributed by atoms with Gasteiger partial charge in [0.2, 0.25) is 0 Å². The molecule has 0 spiro atoms. The molecule has 3 rings (SSSR count). The van der Waals surface area contributed by atoms with Crippen molar-refractivity contribution < 1.29 is 9.32 Å². The van der Waals surface area contributed by atoms with Gasteiger partial charge in [0.1, 0.15) is 0 Å². The second-order valence-corrected chi connectivity index (χ2v) is 4.93. The molecule has 0 saturated carbocycles. The van der Waals surface area contributed by atoms with E-state index in [4.69, 9.17) is 4.52 Å². The number of nitrogens with one attached hydrogen (secondary N) is 1. The maximum Gasteiger partial charge on any atom is 0.257 e. The summed E-state index contributed by atoms with van der Waals surface area (Å²) < 4.78 is 5.20. The molecule has 0 bridgehead atoms. The molecule has 2 aromatic carbocycles. The first-order chi connectivity index (χ1) is 10.7. The molecule has 22 heavy (non-hydrogen) atoms. The summed E-state index contributed by atoms with van der Waals surface area (Å²) >= 11 is 0. The molecule has 0 unspecified atom stereocenters. The maximum atomic E-state index is 12.0. The minimum Gasteiger partial charge on any atom is -0.345 e. The van der Waals surface area contributed by atoms with Crippen LogP contribution in [0.4, 0.5) is 0 Å². The smallest absolute Gasteiger partial charge is 0.257 e. The number of carbonyl (C=O) groups excluding carboxylic acids is 1. The van der Waals surface area contributed by atoms with Crippen molar-refractivity contribution in [3.05, 3.63) is 71.5 Å². The number of hydrogen-bond donors (Lipinski definition) is 1. The van der Waals surface area contributed by atoms with E-state index in [9.17, 15) is 4.79 Å². The average Bonchev–Trinajstić information content (AvgIpc) is 3.02. The monoisotopic (exact) mass is 293 g/mol. The Morgan fingerprint density at radius 3 is 2.73 bits per heavy atom. The molecule has 0 radical (unpaired) electrons. The van der Waals surface area contributed by atoms with E-state index in [2.05, 4.69) is 15.5 Å². The van der Waals surface area contributed by atoms with Gasteiger partial charge in [-0.1, -0.05) is 41.1 Å². The molecule has 5 nitrogen and oxygen atoms in total. The van der Waals surface area contributed by atoms with Crippen LogP contribution < -0.4 is 5.32 Å². The van der Waals surface area contributed by atoms with Gasteiger partial charge in [-0.3, -0.25) is 4.79 Å². The highest BCUT2D eigenvalue weighted by Crippen LogP contribution is 2.15. The SMILES string of the molecule is Cc1cccc(C(=O)NCc2noc(-c3ccccc3)n2)c1. The highest BCUT2D eigenvalue weighted by Gasteiger charge is 2.10. The van der Waals surface area contributed by atoms with E-state index in [1.807, 2.05) is 55.5 Å². The number of nitrogens with zero attached hydrogens (tertiary/aromatic N) is 2. The van der Waals surface area contributed by atoms with E-state index in [1.165, 1.54) is 0 Å². The fourth-order valence-corrected chi connectivity index (χ4v) is 2.07. The Bertz CT molecular complexity index is 781. The van der Waals surface area contributed by atoms with Gasteiger partial charge in [0, 0.05) is 11.1 Å². The summed E-state index contributed by atoms with van der Waals surface area (Å²) in [6.45, 7) is 2.17. The molecule has 0 aliphatic carbocycles. The van der Waals surface area contributed by atoms with Crippen LogP contribution in [0, 0.1) is 6.92 Å². The van der Waals surface area contributed by atoms with Crippen LogP contribution in [0.2, 0.25) is 0 Å². The highest BCUT2D eigenvalue weighted by molar-refractivity contribution is 5.94. The van der Waals surface area contributed by atoms with Crippen LogP contribution in [0.1, 0.15) is 21.7 Å². The highest BCUT2D eigenvalue weighted by atomic mass is 16.5. The summed E-state index contributed by atoms with van der Waals surface area (Å²) in [4.78, 5) is 16.3. The van der Waals surface area contributed by atoms with Crippen molar-refractivity contribution in [2.45, 2.75) is 13.5 Å². The first kappa shape index (κ1) is 14.0. The van der Waals surface area contributed by atoms with Crippen molar-refractivity contribution in [3.8, 4) is 11.5 Å². The van der Waals surface area contributed by atoms with E-state index in [1.54, 1.807) is 6.07 Å². The minimum atomic E-state index is -0.158. The minimum absolute atomic E-state index is 0.158. The predicted molar refractivity (Wildman–Crippen MR) is 82.1 cm³/mol. The van der Waals surface area contributed by atoms with Gasteiger partial charge in [-0.2, -0.15) is 4.98 Å². The van der Waals surface area contributed by atoms with Crippen LogP contribution >= 0.6 is 0 Å². The molecule has 1 heterocycles. The Morgan fingerprint density at radius 1 is 1.14 bits per heavy atom. The van der Waals surface area contributed by atoms with E-state index in [-0.39, 0.29) is 12.5 Å². The Hall–Kier alpha value is -2.95. The first-order valence-corrected chi connectivity index (χ1v) is 6.95. The molecule has 1 amide bonds. The van der Waals surface area contributed by atoms with E-state index in [0.717, 1.165) is 11.1 Å². The summed E-state index contributed by atoms with van der Waals surface area (Å²) in [5.74, 6) is 0.732. The number of hydrogen-bond acceptors (Lipinski definition) is 4. The van der Waals surface area contributed by atoms with Crippen LogP contribution in [0.3, 0.4) is 0 Å². The van der Waals surface area contributed by atoms with Crippen LogP contribution in [-0.2, 0) is 6.54 Å². The van der Waals surface area contributed by atoms with Crippen molar-refractivity contribution >= 4 is 5.91 Å². The van der Waals surface area contributed by atoms with Crippen LogP contribution in [0.15, 0.2) is 59.1 Å². The maximum absolute atomic E-state index is 12.0. The topological polar surface area (TPSA) is 68.0 Å². The molecule has 0 atom stereocenters. The predicted octanol–water partition coefficient (Wildman–Crippen LogP) is 2.98. The number of rotatable bonds is 4. The van der Waals surface area contributed by atoms with Gasteiger partial charge in [-0.15, -0.1) is 0 Å². The molecule has 0 aliphatic rings. The lowest BCUT2D eigenvalue weighted by atomic mass is 10.1. The van der Waals surface area contributed by atoms with Crippen LogP contribution in [0.25, 0.3) is 11.5 Å². The van der Waals surface area contributed by atoms with Crippen LogP contribution in [0.5, 0.6) is 0 Å². The zero-order chi connectivity index (χ0) is 15.4. The zero-order valence-corrected chi connectivity index (χ0v) is 12.1. The lowest BCUT2D eigenvalue weighted by Crippen LogP contribution is -2.23. The van der Waals surface area contributed by atoms with E-state index in [0.29, 0.717) is 17.3 Å². The summed E-state index contributed by atoms with van der Waals surface area (Å²) in [7, 11) is 0. The normalized spacial score (nSPS) is 10.4. The second kappa shape index (κ2) is 6.22. The standard InChI is InChI=1S/C17H15N3O2/c1-12-6-5-9-14(10-12)16(21)18-11-15-19-17(22-20-15)13-7-3-2-4-8-13/h2-10H,11H2,1H3,(H,18,21). The number of carbonyl (C=O) groups is 1. The third kappa shape index (κ3) is 3.20. The molecule has 1 N–H and O–H groups in total. The van der Waals surface area contributed by atoms with E-state index >= 15 is 0 Å². The molecule has 1 aromatic heterocycles. The number of amides is 1. The van der Waals surface area contributed by atoms with Gasteiger partial charge >= 0.3 is 0 Å². The van der Waals surface area contributed by atoms with E-state index < -0.39 is 0 Å². The summed E-state index contributed by atoms with van der Waals surface area (Å²) in [5, 5.41) is 6.66. The third-order valence-corrected chi connectivity index (χ3v) is 3.18.